The molecule has 0 heterocycles. The molecule has 0 atom stereocenters. The molecular formula is C8H7BrFNO2. The fourth-order valence-corrected chi connectivity index (χ4v) is 1.43. The number of nitrogens with two attached hydrogens (primary N) is 1. The third-order valence-electron chi connectivity index (χ3n) is 1.57. The maximum atomic E-state index is 12.9. The molecule has 0 bridgehead atoms. The maximum Gasteiger partial charge on any atom is 0.307 e. The quantitative estimate of drug-likeness (QED) is 0.784. The molecule has 0 unspecified atom stereocenters. The van der Waals surface area contributed by atoms with Crippen molar-refractivity contribution in [2.75, 3.05) is 5.73 Å². The molecule has 0 aliphatic carbocycles. The zero-order valence-electron chi connectivity index (χ0n) is 6.55. The highest BCUT2D eigenvalue weighted by Gasteiger charge is 2.12. The second-order valence-corrected chi connectivity index (χ2v) is 3.35. The maximum absolute atomic E-state index is 12.9. The largest absolute Gasteiger partial charge is 0.481 e. The van der Waals surface area contributed by atoms with E-state index in [0.29, 0.717) is 4.47 Å². The SMILES string of the molecule is Nc1c(F)ccc(Br)c1CC(=O)O. The van der Waals surface area contributed by atoms with E-state index in [1.807, 2.05) is 0 Å². The average Bonchev–Trinajstić information content (AvgIpc) is 2.05. The first-order valence-corrected chi connectivity index (χ1v) is 4.26. The highest BCUT2D eigenvalue weighted by atomic mass is 79.9. The number of carbonyl (C=O) groups is 1. The van der Waals surface area contributed by atoms with Gasteiger partial charge in [0.15, 0.2) is 0 Å². The first-order chi connectivity index (χ1) is 6.02. The fraction of sp³-hybridized carbons (Fsp3) is 0.125. The van der Waals surface area contributed by atoms with Crippen LogP contribution < -0.4 is 5.73 Å². The van der Waals surface area contributed by atoms with Crippen LogP contribution in [0.5, 0.6) is 0 Å². The van der Waals surface area contributed by atoms with Gasteiger partial charge in [-0.3, -0.25) is 4.79 Å². The number of carboxylic acids is 1. The molecular weight excluding hydrogens is 241 g/mol. The van der Waals surface area contributed by atoms with Crippen LogP contribution in [0.2, 0.25) is 0 Å². The van der Waals surface area contributed by atoms with Crippen LogP contribution in [0.4, 0.5) is 10.1 Å². The number of benzene rings is 1. The lowest BCUT2D eigenvalue weighted by Crippen LogP contribution is -2.06. The summed E-state index contributed by atoms with van der Waals surface area (Å²) < 4.78 is 13.4. The molecule has 0 saturated carbocycles. The minimum Gasteiger partial charge on any atom is -0.481 e. The minimum absolute atomic E-state index is 0.114. The van der Waals surface area contributed by atoms with Crippen LogP contribution in [0.1, 0.15) is 5.56 Å². The van der Waals surface area contributed by atoms with Crippen LogP contribution in [0.25, 0.3) is 0 Å². The summed E-state index contributed by atoms with van der Waals surface area (Å²) in [6.45, 7) is 0. The summed E-state index contributed by atoms with van der Waals surface area (Å²) >= 11 is 3.10. The van der Waals surface area contributed by atoms with Crippen LogP contribution >= 0.6 is 15.9 Å². The normalized spacial score (nSPS) is 10.0. The first kappa shape index (κ1) is 9.98. The molecule has 0 aliphatic rings. The van der Waals surface area contributed by atoms with E-state index in [1.54, 1.807) is 0 Å². The predicted molar refractivity (Wildman–Crippen MR) is 49.9 cm³/mol. The van der Waals surface area contributed by atoms with Gasteiger partial charge in [-0.15, -0.1) is 0 Å². The summed E-state index contributed by atoms with van der Waals surface area (Å²) in [6, 6.07) is 2.62. The molecule has 0 aliphatic heterocycles. The molecule has 0 radical (unpaired) electrons. The van der Waals surface area contributed by atoms with E-state index in [9.17, 15) is 9.18 Å². The van der Waals surface area contributed by atoms with Crippen molar-refractivity contribution in [3.05, 3.63) is 28.0 Å². The highest BCUT2D eigenvalue weighted by molar-refractivity contribution is 9.10. The molecule has 5 heteroatoms. The Bertz CT molecular complexity index is 354. The zero-order valence-corrected chi connectivity index (χ0v) is 8.14. The fourth-order valence-electron chi connectivity index (χ4n) is 0.940. The number of rotatable bonds is 2. The van der Waals surface area contributed by atoms with Crippen molar-refractivity contribution >= 4 is 27.6 Å². The van der Waals surface area contributed by atoms with Crippen molar-refractivity contribution < 1.29 is 14.3 Å². The molecule has 3 nitrogen and oxygen atoms in total. The molecule has 1 rings (SSSR count). The lowest BCUT2D eigenvalue weighted by Gasteiger charge is -2.06. The second kappa shape index (κ2) is 3.74. The number of anilines is 1. The Morgan fingerprint density at radius 2 is 2.23 bits per heavy atom. The molecule has 70 valence electrons. The predicted octanol–water partition coefficient (Wildman–Crippen LogP) is 1.80. The van der Waals surface area contributed by atoms with Crippen molar-refractivity contribution in [2.24, 2.45) is 0 Å². The van der Waals surface area contributed by atoms with Crippen LogP contribution in [-0.2, 0) is 11.2 Å². The van der Waals surface area contributed by atoms with Crippen molar-refractivity contribution in [3.63, 3.8) is 0 Å². The zero-order chi connectivity index (χ0) is 10.0. The van der Waals surface area contributed by atoms with Crippen LogP contribution in [0.3, 0.4) is 0 Å². The number of halogens is 2. The Hall–Kier alpha value is -1.10. The van der Waals surface area contributed by atoms with Gasteiger partial charge in [-0.25, -0.2) is 4.39 Å². The molecule has 0 aromatic heterocycles. The smallest absolute Gasteiger partial charge is 0.307 e. The van der Waals surface area contributed by atoms with E-state index in [-0.39, 0.29) is 17.7 Å². The van der Waals surface area contributed by atoms with E-state index < -0.39 is 11.8 Å². The molecule has 0 spiro atoms. The summed E-state index contributed by atoms with van der Waals surface area (Å²) in [5.41, 5.74) is 5.52. The van der Waals surface area contributed by atoms with Gasteiger partial charge in [-0.2, -0.15) is 0 Å². The van der Waals surface area contributed by atoms with E-state index >= 15 is 0 Å². The molecule has 0 saturated heterocycles. The van der Waals surface area contributed by atoms with E-state index in [2.05, 4.69) is 15.9 Å². The van der Waals surface area contributed by atoms with Gasteiger partial charge in [0.1, 0.15) is 5.82 Å². The van der Waals surface area contributed by atoms with Gasteiger partial charge in [0, 0.05) is 10.0 Å². The van der Waals surface area contributed by atoms with Crippen molar-refractivity contribution in [1.82, 2.24) is 0 Å². The van der Waals surface area contributed by atoms with Crippen LogP contribution in [0.15, 0.2) is 16.6 Å². The first-order valence-electron chi connectivity index (χ1n) is 3.46. The van der Waals surface area contributed by atoms with Gasteiger partial charge in [-0.05, 0) is 12.1 Å². The minimum atomic E-state index is -1.04. The van der Waals surface area contributed by atoms with Crippen LogP contribution in [-0.4, -0.2) is 11.1 Å². The third-order valence-corrected chi connectivity index (χ3v) is 2.32. The molecule has 1 aromatic rings. The summed E-state index contributed by atoms with van der Waals surface area (Å²) in [7, 11) is 0. The van der Waals surface area contributed by atoms with Gasteiger partial charge in [0.2, 0.25) is 0 Å². The summed E-state index contributed by atoms with van der Waals surface area (Å²) in [6.07, 6.45) is -0.288. The summed E-state index contributed by atoms with van der Waals surface area (Å²) in [5.74, 6) is -1.64. The Kier molecular flexibility index (Phi) is 2.87. The van der Waals surface area contributed by atoms with Crippen molar-refractivity contribution in [1.29, 1.82) is 0 Å². The topological polar surface area (TPSA) is 63.3 Å². The average molecular weight is 248 g/mol. The Balaban J connectivity index is 3.17. The molecule has 1 aromatic carbocycles. The molecule has 13 heavy (non-hydrogen) atoms. The Morgan fingerprint density at radius 3 is 2.77 bits per heavy atom. The molecule has 0 fully saturated rings. The lowest BCUT2D eigenvalue weighted by atomic mass is 10.1. The summed E-state index contributed by atoms with van der Waals surface area (Å²) in [5, 5.41) is 8.51. The molecule has 0 amide bonds. The standard InChI is InChI=1S/C8H7BrFNO2/c9-5-1-2-6(10)8(11)4(5)3-7(12)13/h1-2H,3,11H2,(H,12,13). The monoisotopic (exact) mass is 247 g/mol. The Morgan fingerprint density at radius 1 is 1.62 bits per heavy atom. The lowest BCUT2D eigenvalue weighted by molar-refractivity contribution is -0.136. The van der Waals surface area contributed by atoms with Crippen LogP contribution in [0, 0.1) is 5.82 Å². The number of carboxylic acid groups (broad SMARTS) is 1. The third kappa shape index (κ3) is 2.18. The summed E-state index contributed by atoms with van der Waals surface area (Å²) in [4.78, 5) is 10.4. The van der Waals surface area contributed by atoms with E-state index in [0.717, 1.165) is 0 Å². The van der Waals surface area contributed by atoms with Gasteiger partial charge >= 0.3 is 5.97 Å². The Labute approximate surface area is 82.5 Å². The second-order valence-electron chi connectivity index (χ2n) is 2.49. The van der Waals surface area contributed by atoms with Gasteiger partial charge < -0.3 is 10.8 Å². The molecule has 3 N–H and O–H groups in total. The number of aliphatic carboxylic acids is 1. The highest BCUT2D eigenvalue weighted by Crippen LogP contribution is 2.25. The number of nitrogen functional groups attached to an aromatic ring is 1. The van der Waals surface area contributed by atoms with Gasteiger partial charge in [0.25, 0.3) is 0 Å². The number of hydrogen-bond acceptors (Lipinski definition) is 2. The van der Waals surface area contributed by atoms with Gasteiger partial charge in [-0.1, -0.05) is 15.9 Å². The van der Waals surface area contributed by atoms with Gasteiger partial charge in [0.05, 0.1) is 12.1 Å². The van der Waals surface area contributed by atoms with Crippen molar-refractivity contribution in [2.45, 2.75) is 6.42 Å². The van der Waals surface area contributed by atoms with Crippen molar-refractivity contribution in [3.8, 4) is 0 Å². The number of hydrogen-bond donors (Lipinski definition) is 2. The van der Waals surface area contributed by atoms with E-state index in [4.69, 9.17) is 10.8 Å². The van der Waals surface area contributed by atoms with E-state index in [1.165, 1.54) is 12.1 Å².